The van der Waals surface area contributed by atoms with Gasteiger partial charge in [-0.1, -0.05) is 12.1 Å². The van der Waals surface area contributed by atoms with Gasteiger partial charge in [-0.05, 0) is 42.7 Å². The van der Waals surface area contributed by atoms with Crippen molar-refractivity contribution in [2.75, 3.05) is 6.54 Å². The Morgan fingerprint density at radius 2 is 1.94 bits per heavy atom. The van der Waals surface area contributed by atoms with Gasteiger partial charge >= 0.3 is 13.4 Å². The van der Waals surface area contributed by atoms with E-state index in [0.29, 0.717) is 6.42 Å². The van der Waals surface area contributed by atoms with Crippen LogP contribution in [0.5, 0.6) is 11.5 Å². The molecule has 1 heterocycles. The van der Waals surface area contributed by atoms with Gasteiger partial charge in [-0.15, -0.1) is 0 Å². The first kappa shape index (κ1) is 23.4. The fraction of sp³-hybridized carbons (Fsp3) is 0.200. The topological polar surface area (TPSA) is 149 Å². The summed E-state index contributed by atoms with van der Waals surface area (Å²) < 4.78 is 47.5. The average molecular weight is 468 g/mol. The van der Waals surface area contributed by atoms with E-state index in [1.165, 1.54) is 31.2 Å². The zero-order chi connectivity index (χ0) is 23.6. The first-order chi connectivity index (χ1) is 15.0. The minimum atomic E-state index is -4.90. The summed E-state index contributed by atoms with van der Waals surface area (Å²) in [5, 5.41) is 11.9. The molecule has 12 heteroatoms. The van der Waals surface area contributed by atoms with E-state index in [2.05, 4.69) is 9.84 Å². The molecule has 3 aromatic rings. The van der Waals surface area contributed by atoms with Crippen LogP contribution < -0.4 is 20.4 Å². The minimum Gasteiger partial charge on any atom is -0.746 e. The Labute approximate surface area is 179 Å². The van der Waals surface area contributed by atoms with E-state index in [0.717, 1.165) is 11.6 Å². The monoisotopic (exact) mass is 468 g/mol. The second kappa shape index (κ2) is 9.07. The average Bonchev–Trinajstić information content (AvgIpc) is 2.71. The summed E-state index contributed by atoms with van der Waals surface area (Å²) in [5.41, 5.74) is -0.780. The highest BCUT2D eigenvalue weighted by molar-refractivity contribution is 7.45. The molecular weight excluding hydrogens is 451 g/mol. The highest BCUT2D eigenvalue weighted by atomic mass is 31.2. The molecule has 0 fully saturated rings. The number of phosphoric acid groups is 1. The number of benzene rings is 2. The molecule has 2 aromatic carbocycles. The van der Waals surface area contributed by atoms with Gasteiger partial charge in [-0.2, -0.15) is 4.39 Å². The van der Waals surface area contributed by atoms with E-state index < -0.39 is 48.7 Å². The van der Waals surface area contributed by atoms with Gasteiger partial charge in [0.1, 0.15) is 5.75 Å². The summed E-state index contributed by atoms with van der Waals surface area (Å²) in [5.74, 6) is -4.49. The summed E-state index contributed by atoms with van der Waals surface area (Å²) in [6.07, 6.45) is -0.0303. The van der Waals surface area contributed by atoms with Crippen LogP contribution in [0.1, 0.15) is 16.7 Å². The van der Waals surface area contributed by atoms with E-state index in [-0.39, 0.29) is 28.8 Å². The number of halogens is 2. The Morgan fingerprint density at radius 1 is 1.28 bits per heavy atom. The third-order valence-corrected chi connectivity index (χ3v) is 5.11. The molecule has 1 amide bonds. The number of nitrogens with one attached hydrogen (secondary N) is 1. The maximum Gasteiger partial charge on any atom is 0.340 e. The van der Waals surface area contributed by atoms with Crippen molar-refractivity contribution in [2.24, 2.45) is 0 Å². The molecule has 3 rings (SSSR count). The van der Waals surface area contributed by atoms with E-state index in [1.54, 1.807) is 0 Å². The Kier molecular flexibility index (Phi) is 6.63. The van der Waals surface area contributed by atoms with Crippen LogP contribution in [0.3, 0.4) is 0 Å². The number of amides is 1. The fourth-order valence-electron chi connectivity index (χ4n) is 3.06. The molecule has 1 aromatic heterocycles. The van der Waals surface area contributed by atoms with Gasteiger partial charge < -0.3 is 29.2 Å². The van der Waals surface area contributed by atoms with Crippen LogP contribution in [0.4, 0.5) is 8.78 Å². The Morgan fingerprint density at radius 3 is 2.56 bits per heavy atom. The van der Waals surface area contributed by atoms with Crippen molar-refractivity contribution in [3.05, 3.63) is 69.1 Å². The second-order valence-electron chi connectivity index (χ2n) is 6.87. The van der Waals surface area contributed by atoms with Crippen LogP contribution in [-0.2, 0) is 22.2 Å². The molecule has 0 aliphatic rings. The number of aryl methyl sites for hydroxylation is 1. The molecule has 9 nitrogen and oxygen atoms in total. The molecule has 32 heavy (non-hydrogen) atoms. The molecule has 0 saturated heterocycles. The molecule has 0 aliphatic carbocycles. The van der Waals surface area contributed by atoms with Crippen molar-refractivity contribution in [3.8, 4) is 11.5 Å². The fourth-order valence-corrected chi connectivity index (χ4v) is 3.45. The normalized spacial score (nSPS) is 13.0. The Balaban J connectivity index is 1.66. The number of fused-ring (bicyclic) bond motifs is 1. The third-order valence-electron chi connectivity index (χ3n) is 4.66. The van der Waals surface area contributed by atoms with E-state index in [9.17, 15) is 32.9 Å². The summed E-state index contributed by atoms with van der Waals surface area (Å²) in [7, 11) is -4.90. The number of carbonyl (C=O) groups is 1. The lowest BCUT2D eigenvalue weighted by molar-refractivity contribution is -0.211. The predicted octanol–water partition coefficient (Wildman–Crippen LogP) is 1.83. The molecule has 170 valence electrons. The van der Waals surface area contributed by atoms with E-state index >= 15 is 0 Å². The molecule has 1 unspecified atom stereocenters. The summed E-state index contributed by atoms with van der Waals surface area (Å²) in [6.45, 7) is 1.59. The molecule has 0 aliphatic heterocycles. The predicted molar refractivity (Wildman–Crippen MR) is 106 cm³/mol. The van der Waals surface area contributed by atoms with Gasteiger partial charge in [0.05, 0.1) is 12.0 Å². The third kappa shape index (κ3) is 5.31. The van der Waals surface area contributed by atoms with Crippen LogP contribution in [-0.4, -0.2) is 22.5 Å². The molecule has 0 bridgehead atoms. The number of phosphoric ester groups is 1. The van der Waals surface area contributed by atoms with Gasteiger partial charge in [0.25, 0.3) is 0 Å². The standard InChI is InChI=1S/C20H18F2NO8P/c1-10-13-8-15(21)18(25)17(22)19(13)30-20(26)14(10)9-16(24)23-7-6-11-2-4-12(5-3-11)31-32(27,28)29/h2-5,8,25H,6-7,9H2,1H3,(H,23,24)(H2,27,28,29)/p-1. The number of rotatable bonds is 7. The first-order valence-electron chi connectivity index (χ1n) is 9.18. The lowest BCUT2D eigenvalue weighted by Gasteiger charge is -2.16. The van der Waals surface area contributed by atoms with Crippen LogP contribution in [0.15, 0.2) is 39.5 Å². The van der Waals surface area contributed by atoms with Gasteiger partial charge in [0.15, 0.2) is 17.1 Å². The van der Waals surface area contributed by atoms with Crippen molar-refractivity contribution < 1.29 is 42.0 Å². The molecule has 0 saturated carbocycles. The maximum absolute atomic E-state index is 14.0. The van der Waals surface area contributed by atoms with Crippen molar-refractivity contribution >= 4 is 24.7 Å². The Bertz CT molecular complexity index is 1280. The Hall–Kier alpha value is -3.27. The zero-order valence-electron chi connectivity index (χ0n) is 16.6. The molecule has 0 spiro atoms. The molecule has 1 atom stereocenters. The summed E-state index contributed by atoms with van der Waals surface area (Å²) >= 11 is 0. The largest absolute Gasteiger partial charge is 0.746 e. The molecule has 0 radical (unpaired) electrons. The van der Waals surface area contributed by atoms with Crippen molar-refractivity contribution in [1.29, 1.82) is 0 Å². The number of phenolic OH excluding ortho intramolecular Hbond substituents is 1. The van der Waals surface area contributed by atoms with Gasteiger partial charge in [-0.3, -0.25) is 9.36 Å². The zero-order valence-corrected chi connectivity index (χ0v) is 17.4. The molecular formula is C20H17F2NO8P-. The number of carbonyl (C=O) groups excluding carboxylic acids is 1. The molecule has 3 N–H and O–H groups in total. The van der Waals surface area contributed by atoms with Crippen molar-refractivity contribution in [1.82, 2.24) is 5.32 Å². The van der Waals surface area contributed by atoms with E-state index in [4.69, 9.17) is 9.31 Å². The van der Waals surface area contributed by atoms with Crippen LogP contribution in [0.25, 0.3) is 11.0 Å². The number of hydrogen-bond acceptors (Lipinski definition) is 7. The van der Waals surface area contributed by atoms with Crippen LogP contribution in [0.2, 0.25) is 0 Å². The summed E-state index contributed by atoms with van der Waals surface area (Å²) in [6, 6.07) is 6.56. The van der Waals surface area contributed by atoms with Crippen molar-refractivity contribution in [3.63, 3.8) is 0 Å². The smallest absolute Gasteiger partial charge is 0.340 e. The van der Waals surface area contributed by atoms with Gasteiger partial charge in [-0.25, -0.2) is 9.18 Å². The minimum absolute atomic E-state index is 0.0710. The highest BCUT2D eigenvalue weighted by Gasteiger charge is 2.21. The quantitative estimate of drug-likeness (QED) is 0.351. The van der Waals surface area contributed by atoms with Gasteiger partial charge in [0, 0.05) is 11.9 Å². The SMILES string of the molecule is Cc1c(CC(=O)NCCc2ccc(OP(=O)([O-])O)cc2)c(=O)oc2c(F)c(O)c(F)cc12. The van der Waals surface area contributed by atoms with Gasteiger partial charge in [0.2, 0.25) is 11.7 Å². The highest BCUT2D eigenvalue weighted by Crippen LogP contribution is 2.33. The second-order valence-corrected chi connectivity index (χ2v) is 7.99. The van der Waals surface area contributed by atoms with E-state index in [1.807, 2.05) is 0 Å². The maximum atomic E-state index is 14.0. The number of aromatic hydroxyl groups is 1. The number of hydrogen-bond donors (Lipinski definition) is 3. The first-order valence-corrected chi connectivity index (χ1v) is 10.7. The lowest BCUT2D eigenvalue weighted by atomic mass is 10.0. The number of phenols is 1. The lowest BCUT2D eigenvalue weighted by Crippen LogP contribution is -2.29. The summed E-state index contributed by atoms with van der Waals surface area (Å²) in [4.78, 5) is 43.8. The van der Waals surface area contributed by atoms with Crippen LogP contribution in [0, 0.1) is 18.6 Å². The van der Waals surface area contributed by atoms with Crippen LogP contribution >= 0.6 is 7.82 Å². The van der Waals surface area contributed by atoms with Crippen molar-refractivity contribution in [2.45, 2.75) is 19.8 Å².